The number of hydrogen-bond donors (Lipinski definition) is 1. The van der Waals surface area contributed by atoms with Crippen molar-refractivity contribution in [2.45, 2.75) is 0 Å². The lowest BCUT2D eigenvalue weighted by atomic mass is 10.3. The Bertz CT molecular complexity index is 531. The monoisotopic (exact) mass is 261 g/mol. The van der Waals surface area contributed by atoms with Gasteiger partial charge in [-0.25, -0.2) is 4.39 Å². The number of benzene rings is 2. The molecule has 4 heteroatoms. The van der Waals surface area contributed by atoms with Crippen molar-refractivity contribution < 1.29 is 13.9 Å². The molecular weight excluding hydrogens is 245 g/mol. The van der Waals surface area contributed by atoms with Crippen LogP contribution in [0.2, 0.25) is 0 Å². The van der Waals surface area contributed by atoms with Crippen LogP contribution in [0.15, 0.2) is 48.5 Å². The third-order valence-corrected chi connectivity index (χ3v) is 2.58. The molecule has 2 aromatic rings. The van der Waals surface area contributed by atoms with Crippen LogP contribution in [0.3, 0.4) is 0 Å². The van der Waals surface area contributed by atoms with Gasteiger partial charge in [-0.1, -0.05) is 18.2 Å². The predicted molar refractivity (Wildman–Crippen MR) is 73.4 cm³/mol. The second kappa shape index (κ2) is 6.64. The van der Waals surface area contributed by atoms with E-state index in [0.717, 1.165) is 5.69 Å². The van der Waals surface area contributed by atoms with Crippen molar-refractivity contribution in [1.29, 1.82) is 0 Å². The van der Waals surface area contributed by atoms with Gasteiger partial charge in [-0.15, -0.1) is 0 Å². The van der Waals surface area contributed by atoms with Crippen molar-refractivity contribution in [2.24, 2.45) is 0 Å². The average Bonchev–Trinajstić information content (AvgIpc) is 2.44. The van der Waals surface area contributed by atoms with E-state index in [0.29, 0.717) is 24.7 Å². The van der Waals surface area contributed by atoms with Crippen LogP contribution in [-0.2, 0) is 0 Å². The van der Waals surface area contributed by atoms with Crippen molar-refractivity contribution >= 4 is 5.69 Å². The maximum Gasteiger partial charge on any atom is 0.161 e. The van der Waals surface area contributed by atoms with Gasteiger partial charge in [-0.3, -0.25) is 0 Å². The Balaban J connectivity index is 1.81. The highest BCUT2D eigenvalue weighted by atomic mass is 19.1. The molecule has 3 nitrogen and oxygen atoms in total. The molecule has 0 atom stereocenters. The quantitative estimate of drug-likeness (QED) is 0.809. The first-order chi connectivity index (χ1) is 9.29. The third-order valence-electron chi connectivity index (χ3n) is 2.58. The van der Waals surface area contributed by atoms with E-state index < -0.39 is 0 Å². The number of rotatable bonds is 6. The molecule has 0 unspecified atom stereocenters. The van der Waals surface area contributed by atoms with Crippen LogP contribution in [0.5, 0.6) is 11.5 Å². The summed E-state index contributed by atoms with van der Waals surface area (Å²) in [5.41, 5.74) is 0.739. The normalized spacial score (nSPS) is 10.0. The molecule has 1 N–H and O–H groups in total. The zero-order valence-corrected chi connectivity index (χ0v) is 10.7. The van der Waals surface area contributed by atoms with Crippen LogP contribution in [0, 0.1) is 5.82 Å². The first-order valence-electron chi connectivity index (χ1n) is 6.05. The van der Waals surface area contributed by atoms with Crippen LogP contribution in [0.1, 0.15) is 0 Å². The standard InChI is InChI=1S/C15H16FNO2/c1-18-14-7-2-3-8-15(14)19-10-9-17-13-6-4-5-12(16)11-13/h2-8,11,17H,9-10H2,1H3. The SMILES string of the molecule is COc1ccccc1OCCNc1cccc(F)c1. The van der Waals surface area contributed by atoms with E-state index in [9.17, 15) is 4.39 Å². The summed E-state index contributed by atoms with van der Waals surface area (Å²) in [6.07, 6.45) is 0. The van der Waals surface area contributed by atoms with Crippen molar-refractivity contribution in [1.82, 2.24) is 0 Å². The summed E-state index contributed by atoms with van der Waals surface area (Å²) in [5, 5.41) is 3.09. The van der Waals surface area contributed by atoms with Gasteiger partial charge in [0.15, 0.2) is 11.5 Å². The highest BCUT2D eigenvalue weighted by Crippen LogP contribution is 2.25. The van der Waals surface area contributed by atoms with Crippen molar-refractivity contribution in [3.8, 4) is 11.5 Å². The fourth-order valence-electron chi connectivity index (χ4n) is 1.69. The van der Waals surface area contributed by atoms with Gasteiger partial charge in [0.1, 0.15) is 12.4 Å². The van der Waals surface area contributed by atoms with Gasteiger partial charge < -0.3 is 14.8 Å². The minimum absolute atomic E-state index is 0.254. The Hall–Kier alpha value is -2.23. The molecule has 2 rings (SSSR count). The van der Waals surface area contributed by atoms with E-state index in [1.165, 1.54) is 12.1 Å². The summed E-state index contributed by atoms with van der Waals surface area (Å²) in [4.78, 5) is 0. The molecule has 0 aromatic heterocycles. The van der Waals surface area contributed by atoms with E-state index in [-0.39, 0.29) is 5.82 Å². The summed E-state index contributed by atoms with van der Waals surface area (Å²) in [6, 6.07) is 13.8. The molecule has 19 heavy (non-hydrogen) atoms. The molecule has 0 radical (unpaired) electrons. The summed E-state index contributed by atoms with van der Waals surface area (Å²) in [6.45, 7) is 1.05. The second-order valence-corrected chi connectivity index (χ2v) is 3.94. The van der Waals surface area contributed by atoms with Gasteiger partial charge >= 0.3 is 0 Å². The maximum atomic E-state index is 13.0. The Morgan fingerprint density at radius 1 is 1.05 bits per heavy atom. The maximum absolute atomic E-state index is 13.0. The molecule has 0 saturated carbocycles. The van der Waals surface area contributed by atoms with E-state index in [2.05, 4.69) is 5.32 Å². The molecule has 0 aliphatic heterocycles. The Kier molecular flexibility index (Phi) is 4.61. The van der Waals surface area contributed by atoms with Gasteiger partial charge in [-0.2, -0.15) is 0 Å². The fraction of sp³-hybridized carbons (Fsp3) is 0.200. The predicted octanol–water partition coefficient (Wildman–Crippen LogP) is 3.33. The number of ether oxygens (including phenoxy) is 2. The van der Waals surface area contributed by atoms with Crippen LogP contribution < -0.4 is 14.8 Å². The molecular formula is C15H16FNO2. The highest BCUT2D eigenvalue weighted by Gasteiger charge is 2.01. The van der Waals surface area contributed by atoms with Gasteiger partial charge in [-0.05, 0) is 30.3 Å². The van der Waals surface area contributed by atoms with Crippen molar-refractivity contribution in [3.05, 3.63) is 54.3 Å². The minimum Gasteiger partial charge on any atom is -0.493 e. The molecule has 0 aliphatic rings. The van der Waals surface area contributed by atoms with Crippen LogP contribution in [-0.4, -0.2) is 20.3 Å². The second-order valence-electron chi connectivity index (χ2n) is 3.94. The summed E-state index contributed by atoms with van der Waals surface area (Å²) in [5.74, 6) is 1.15. The Morgan fingerprint density at radius 2 is 1.84 bits per heavy atom. The number of para-hydroxylation sites is 2. The number of anilines is 1. The zero-order valence-electron chi connectivity index (χ0n) is 10.7. The van der Waals surface area contributed by atoms with E-state index in [1.54, 1.807) is 13.2 Å². The lowest BCUT2D eigenvalue weighted by Crippen LogP contribution is -2.11. The molecule has 2 aromatic carbocycles. The summed E-state index contributed by atoms with van der Waals surface area (Å²) >= 11 is 0. The number of nitrogens with one attached hydrogen (secondary N) is 1. The number of halogens is 1. The first kappa shape index (κ1) is 13.2. The van der Waals surface area contributed by atoms with Gasteiger partial charge in [0, 0.05) is 12.2 Å². The summed E-state index contributed by atoms with van der Waals surface area (Å²) < 4.78 is 23.7. The van der Waals surface area contributed by atoms with Crippen LogP contribution >= 0.6 is 0 Å². The molecule has 0 spiro atoms. The molecule has 0 heterocycles. The van der Waals surface area contributed by atoms with Crippen molar-refractivity contribution in [2.75, 3.05) is 25.6 Å². The smallest absolute Gasteiger partial charge is 0.161 e. The van der Waals surface area contributed by atoms with E-state index in [4.69, 9.17) is 9.47 Å². The lowest BCUT2D eigenvalue weighted by Gasteiger charge is -2.11. The third kappa shape index (κ3) is 3.88. The number of methoxy groups -OCH3 is 1. The largest absolute Gasteiger partial charge is 0.493 e. The lowest BCUT2D eigenvalue weighted by molar-refractivity contribution is 0.306. The summed E-state index contributed by atoms with van der Waals surface area (Å²) in [7, 11) is 1.60. The van der Waals surface area contributed by atoms with E-state index in [1.807, 2.05) is 30.3 Å². The molecule has 0 fully saturated rings. The molecule has 0 aliphatic carbocycles. The van der Waals surface area contributed by atoms with E-state index >= 15 is 0 Å². The molecule has 0 saturated heterocycles. The zero-order chi connectivity index (χ0) is 13.5. The molecule has 100 valence electrons. The Morgan fingerprint density at radius 3 is 2.58 bits per heavy atom. The van der Waals surface area contributed by atoms with Crippen LogP contribution in [0.25, 0.3) is 0 Å². The minimum atomic E-state index is -0.254. The number of hydrogen-bond acceptors (Lipinski definition) is 3. The molecule has 0 amide bonds. The van der Waals surface area contributed by atoms with Crippen LogP contribution in [0.4, 0.5) is 10.1 Å². The van der Waals surface area contributed by atoms with Crippen molar-refractivity contribution in [3.63, 3.8) is 0 Å². The first-order valence-corrected chi connectivity index (χ1v) is 6.05. The highest BCUT2D eigenvalue weighted by molar-refractivity contribution is 5.43. The average molecular weight is 261 g/mol. The van der Waals surface area contributed by atoms with Gasteiger partial charge in [0.2, 0.25) is 0 Å². The molecule has 0 bridgehead atoms. The van der Waals surface area contributed by atoms with Gasteiger partial charge in [0.25, 0.3) is 0 Å². The fourth-order valence-corrected chi connectivity index (χ4v) is 1.69. The Labute approximate surface area is 112 Å². The van der Waals surface area contributed by atoms with Gasteiger partial charge in [0.05, 0.1) is 7.11 Å². The topological polar surface area (TPSA) is 30.5 Å².